The number of thiazole rings is 1. The summed E-state index contributed by atoms with van der Waals surface area (Å²) in [5.74, 6) is -0.261. The first-order valence-corrected chi connectivity index (χ1v) is 5.56. The van der Waals surface area contributed by atoms with E-state index in [1.54, 1.807) is 12.4 Å². The van der Waals surface area contributed by atoms with E-state index in [1.807, 2.05) is 0 Å². The van der Waals surface area contributed by atoms with Crippen LogP contribution in [0.15, 0.2) is 5.38 Å². The van der Waals surface area contributed by atoms with Crippen LogP contribution in [0.3, 0.4) is 0 Å². The second kappa shape index (κ2) is 5.78. The number of hydrogen-bond acceptors (Lipinski definition) is 6. The lowest BCUT2D eigenvalue weighted by molar-refractivity contribution is 0.0378. The van der Waals surface area contributed by atoms with Gasteiger partial charge in [-0.1, -0.05) is 0 Å². The van der Waals surface area contributed by atoms with Gasteiger partial charge in [-0.05, 0) is 0 Å². The van der Waals surface area contributed by atoms with Crippen LogP contribution in [0.4, 0.5) is 5.13 Å². The molecule has 7 heteroatoms. The van der Waals surface area contributed by atoms with Crippen molar-refractivity contribution in [3.63, 3.8) is 0 Å². The molecule has 90 valence electrons. The van der Waals surface area contributed by atoms with Crippen molar-refractivity contribution < 1.29 is 14.6 Å². The summed E-state index contributed by atoms with van der Waals surface area (Å²) in [6.07, 6.45) is -0.699. The average Bonchev–Trinajstić information content (AvgIpc) is 2.64. The number of nitrogens with two attached hydrogens (primary N) is 1. The number of ether oxygens (including phenoxy) is 1. The van der Waals surface area contributed by atoms with E-state index in [4.69, 9.17) is 10.5 Å². The van der Waals surface area contributed by atoms with Gasteiger partial charge in [0.15, 0.2) is 5.13 Å². The number of carbonyl (C=O) groups is 1. The predicted octanol–water partition coefficient (Wildman–Crippen LogP) is -0.195. The molecule has 1 aromatic rings. The maximum Gasteiger partial charge on any atom is 0.273 e. The molecule has 0 spiro atoms. The summed E-state index contributed by atoms with van der Waals surface area (Å²) in [5.41, 5.74) is 5.73. The fourth-order valence-electron chi connectivity index (χ4n) is 1.23. The van der Waals surface area contributed by atoms with Crippen molar-refractivity contribution in [3.8, 4) is 0 Å². The Hall–Kier alpha value is -1.18. The molecule has 0 radical (unpaired) electrons. The van der Waals surface area contributed by atoms with Gasteiger partial charge in [-0.25, -0.2) is 4.98 Å². The van der Waals surface area contributed by atoms with Gasteiger partial charge in [0.1, 0.15) is 5.69 Å². The molecular formula is C9H15N3O3S. The lowest BCUT2D eigenvalue weighted by Crippen LogP contribution is -2.36. The van der Waals surface area contributed by atoms with Crippen LogP contribution < -0.4 is 5.73 Å². The standard InChI is InChI=1S/C9H15N3O3S/c1-12(3-6(13)4-15-2)8(14)7-5-16-9(10)11-7/h5-6,13H,3-4H2,1-2H3,(H2,10,11). The van der Waals surface area contributed by atoms with E-state index in [9.17, 15) is 9.90 Å². The number of aliphatic hydroxyl groups excluding tert-OH is 1. The number of hydrogen-bond donors (Lipinski definition) is 2. The van der Waals surface area contributed by atoms with Gasteiger partial charge in [0.05, 0.1) is 12.7 Å². The largest absolute Gasteiger partial charge is 0.389 e. The highest BCUT2D eigenvalue weighted by molar-refractivity contribution is 7.13. The van der Waals surface area contributed by atoms with Gasteiger partial charge in [-0.15, -0.1) is 11.3 Å². The molecule has 1 unspecified atom stereocenters. The van der Waals surface area contributed by atoms with Gasteiger partial charge >= 0.3 is 0 Å². The van der Waals surface area contributed by atoms with Crippen LogP contribution >= 0.6 is 11.3 Å². The quantitative estimate of drug-likeness (QED) is 0.750. The van der Waals surface area contributed by atoms with Crippen LogP contribution in [0.2, 0.25) is 0 Å². The molecule has 16 heavy (non-hydrogen) atoms. The smallest absolute Gasteiger partial charge is 0.273 e. The number of nitrogens with zero attached hydrogens (tertiary/aromatic N) is 2. The Morgan fingerprint density at radius 3 is 3.00 bits per heavy atom. The fraction of sp³-hybridized carbons (Fsp3) is 0.556. The van der Waals surface area contributed by atoms with Crippen molar-refractivity contribution >= 4 is 22.4 Å². The molecule has 1 aromatic heterocycles. The highest BCUT2D eigenvalue weighted by atomic mass is 32.1. The van der Waals surface area contributed by atoms with Crippen LogP contribution in [0.25, 0.3) is 0 Å². The zero-order chi connectivity index (χ0) is 12.1. The maximum atomic E-state index is 11.8. The normalized spacial score (nSPS) is 12.4. The highest BCUT2D eigenvalue weighted by Gasteiger charge is 2.17. The van der Waals surface area contributed by atoms with E-state index in [1.165, 1.54) is 23.3 Å². The molecule has 1 rings (SSSR count). The van der Waals surface area contributed by atoms with Gasteiger partial charge in [-0.2, -0.15) is 0 Å². The van der Waals surface area contributed by atoms with E-state index >= 15 is 0 Å². The van der Waals surface area contributed by atoms with Gasteiger partial charge in [0, 0.05) is 26.1 Å². The zero-order valence-electron chi connectivity index (χ0n) is 9.21. The second-order valence-electron chi connectivity index (χ2n) is 3.37. The summed E-state index contributed by atoms with van der Waals surface area (Å²) in [5, 5.41) is 11.4. The predicted molar refractivity (Wildman–Crippen MR) is 61.4 cm³/mol. The van der Waals surface area contributed by atoms with Crippen LogP contribution in [0.5, 0.6) is 0 Å². The molecule has 1 heterocycles. The Morgan fingerprint density at radius 2 is 2.50 bits per heavy atom. The molecule has 0 bridgehead atoms. The number of methoxy groups -OCH3 is 1. The first-order valence-electron chi connectivity index (χ1n) is 4.68. The number of aliphatic hydroxyl groups is 1. The topological polar surface area (TPSA) is 88.7 Å². The van der Waals surface area contributed by atoms with E-state index in [0.29, 0.717) is 10.8 Å². The second-order valence-corrected chi connectivity index (χ2v) is 4.26. The van der Waals surface area contributed by atoms with Crippen LogP contribution in [0, 0.1) is 0 Å². The zero-order valence-corrected chi connectivity index (χ0v) is 10.0. The summed E-state index contributed by atoms with van der Waals surface area (Å²) >= 11 is 1.21. The van der Waals surface area contributed by atoms with Gasteiger partial charge in [0.2, 0.25) is 0 Å². The van der Waals surface area contributed by atoms with Gasteiger partial charge in [0.25, 0.3) is 5.91 Å². The maximum absolute atomic E-state index is 11.8. The molecule has 1 amide bonds. The van der Waals surface area contributed by atoms with Crippen molar-refractivity contribution in [3.05, 3.63) is 11.1 Å². The van der Waals surface area contributed by atoms with Crippen LogP contribution in [-0.2, 0) is 4.74 Å². The van der Waals surface area contributed by atoms with Crippen molar-refractivity contribution in [2.24, 2.45) is 0 Å². The molecule has 0 aliphatic rings. The minimum atomic E-state index is -0.699. The van der Waals surface area contributed by atoms with Crippen molar-refractivity contribution in [1.82, 2.24) is 9.88 Å². The SMILES string of the molecule is COCC(O)CN(C)C(=O)c1csc(N)n1. The Balaban J connectivity index is 2.54. The highest BCUT2D eigenvalue weighted by Crippen LogP contribution is 2.12. The van der Waals surface area contributed by atoms with E-state index < -0.39 is 6.10 Å². The first-order chi connectivity index (χ1) is 7.54. The molecule has 0 fully saturated rings. The third-order valence-electron chi connectivity index (χ3n) is 1.93. The number of nitrogen functional groups attached to an aromatic ring is 1. The molecule has 6 nitrogen and oxygen atoms in total. The summed E-state index contributed by atoms with van der Waals surface area (Å²) in [7, 11) is 3.09. The summed E-state index contributed by atoms with van der Waals surface area (Å²) in [6.45, 7) is 0.390. The fourth-order valence-corrected chi connectivity index (χ4v) is 1.76. The minimum Gasteiger partial charge on any atom is -0.389 e. The van der Waals surface area contributed by atoms with Crippen molar-refractivity contribution in [2.45, 2.75) is 6.10 Å². The first kappa shape index (κ1) is 12.9. The van der Waals surface area contributed by atoms with E-state index in [2.05, 4.69) is 4.98 Å². The number of amides is 1. The van der Waals surface area contributed by atoms with Crippen LogP contribution in [0.1, 0.15) is 10.5 Å². The van der Waals surface area contributed by atoms with E-state index in [0.717, 1.165) is 0 Å². The number of carbonyl (C=O) groups excluding carboxylic acids is 1. The Kier molecular flexibility index (Phi) is 4.66. The minimum absolute atomic E-state index is 0.191. The molecule has 3 N–H and O–H groups in total. The Bertz CT molecular complexity index is 356. The summed E-state index contributed by atoms with van der Waals surface area (Å²) in [4.78, 5) is 17.0. The third-order valence-corrected chi connectivity index (χ3v) is 2.61. The molecule has 0 aliphatic heterocycles. The Morgan fingerprint density at radius 1 is 1.81 bits per heavy atom. The van der Waals surface area contributed by atoms with E-state index in [-0.39, 0.29) is 19.1 Å². The molecular weight excluding hydrogens is 230 g/mol. The van der Waals surface area contributed by atoms with Gasteiger partial charge in [-0.3, -0.25) is 4.79 Å². The number of aromatic nitrogens is 1. The molecule has 0 saturated heterocycles. The van der Waals surface area contributed by atoms with Crippen molar-refractivity contribution in [1.29, 1.82) is 0 Å². The molecule has 0 aliphatic carbocycles. The number of rotatable bonds is 5. The van der Waals surface area contributed by atoms with Crippen LogP contribution in [-0.4, -0.2) is 54.3 Å². The summed E-state index contributed by atoms with van der Waals surface area (Å²) in [6, 6.07) is 0. The third kappa shape index (κ3) is 3.44. The lowest BCUT2D eigenvalue weighted by Gasteiger charge is -2.19. The average molecular weight is 245 g/mol. The molecule has 0 saturated carbocycles. The number of anilines is 1. The lowest BCUT2D eigenvalue weighted by atomic mass is 10.3. The summed E-state index contributed by atoms with van der Waals surface area (Å²) < 4.78 is 4.77. The molecule has 1 atom stereocenters. The van der Waals surface area contributed by atoms with Crippen molar-refractivity contribution in [2.75, 3.05) is 33.0 Å². The Labute approximate surface area is 97.7 Å². The number of likely N-dealkylation sites (N-methyl/N-ethyl adjacent to an activating group) is 1. The van der Waals surface area contributed by atoms with Gasteiger partial charge < -0.3 is 20.5 Å². The monoisotopic (exact) mass is 245 g/mol. The molecule has 0 aromatic carbocycles.